The molecule has 0 spiro atoms. The highest BCUT2D eigenvalue weighted by Gasteiger charge is 2.15. The highest BCUT2D eigenvalue weighted by atomic mass is 32.1. The van der Waals surface area contributed by atoms with Gasteiger partial charge in [-0.05, 0) is 37.3 Å². The molecule has 1 aliphatic heterocycles. The summed E-state index contributed by atoms with van der Waals surface area (Å²) < 4.78 is 12.8. The predicted molar refractivity (Wildman–Crippen MR) is 87.8 cm³/mol. The average Bonchev–Trinajstić information content (AvgIpc) is 2.87. The van der Waals surface area contributed by atoms with Crippen molar-refractivity contribution in [2.45, 2.75) is 26.0 Å². The van der Waals surface area contributed by atoms with E-state index in [4.69, 9.17) is 9.47 Å². The quantitative estimate of drug-likeness (QED) is 0.885. The third kappa shape index (κ3) is 3.64. The van der Waals surface area contributed by atoms with Crippen molar-refractivity contribution >= 4 is 21.4 Å². The Hall–Kier alpha value is -0.940. The number of hydrogen-bond acceptors (Lipinski definition) is 4. The maximum atomic E-state index is 6.04. The van der Waals surface area contributed by atoms with E-state index in [-0.39, 0.29) is 0 Å². The van der Waals surface area contributed by atoms with Crippen molar-refractivity contribution in [3.63, 3.8) is 0 Å². The monoisotopic (exact) mass is 305 g/mol. The van der Waals surface area contributed by atoms with Gasteiger partial charge in [-0.1, -0.05) is 18.2 Å². The Balaban J connectivity index is 1.68. The average molecular weight is 305 g/mol. The van der Waals surface area contributed by atoms with Crippen LogP contribution in [0, 0.1) is 5.92 Å². The van der Waals surface area contributed by atoms with Crippen LogP contribution in [0.1, 0.15) is 23.3 Å². The van der Waals surface area contributed by atoms with Gasteiger partial charge in [-0.3, -0.25) is 0 Å². The number of rotatable bonds is 6. The molecule has 3 rings (SSSR count). The summed E-state index contributed by atoms with van der Waals surface area (Å²) in [7, 11) is 2.00. The summed E-state index contributed by atoms with van der Waals surface area (Å²) in [6.07, 6.45) is 2.27. The van der Waals surface area contributed by atoms with Gasteiger partial charge in [-0.15, -0.1) is 11.3 Å². The summed E-state index contributed by atoms with van der Waals surface area (Å²) in [5, 5.41) is 4.61. The zero-order valence-corrected chi connectivity index (χ0v) is 13.4. The zero-order valence-electron chi connectivity index (χ0n) is 12.6. The second-order valence-electron chi connectivity index (χ2n) is 5.60. The Morgan fingerprint density at radius 2 is 2.10 bits per heavy atom. The normalized spacial score (nSPS) is 16.6. The lowest BCUT2D eigenvalue weighted by atomic mass is 10.0. The van der Waals surface area contributed by atoms with Crippen molar-refractivity contribution in [1.82, 2.24) is 5.32 Å². The third-order valence-electron chi connectivity index (χ3n) is 4.06. The van der Waals surface area contributed by atoms with Crippen LogP contribution in [-0.4, -0.2) is 26.9 Å². The van der Waals surface area contributed by atoms with Crippen molar-refractivity contribution in [3.05, 3.63) is 34.7 Å². The van der Waals surface area contributed by atoms with Gasteiger partial charge in [0.05, 0.1) is 13.2 Å². The fourth-order valence-electron chi connectivity index (χ4n) is 2.85. The molecule has 1 N–H and O–H groups in total. The molecule has 114 valence electrons. The van der Waals surface area contributed by atoms with E-state index >= 15 is 0 Å². The van der Waals surface area contributed by atoms with Crippen LogP contribution in [0.2, 0.25) is 0 Å². The summed E-state index contributed by atoms with van der Waals surface area (Å²) in [6.45, 7) is 4.26. The molecule has 3 nitrogen and oxygen atoms in total. The van der Waals surface area contributed by atoms with E-state index in [1.165, 1.54) is 20.5 Å². The van der Waals surface area contributed by atoms with E-state index < -0.39 is 0 Å². The van der Waals surface area contributed by atoms with E-state index in [1.807, 2.05) is 18.4 Å². The Morgan fingerprint density at radius 3 is 2.90 bits per heavy atom. The van der Waals surface area contributed by atoms with Gasteiger partial charge < -0.3 is 14.8 Å². The molecule has 1 saturated heterocycles. The van der Waals surface area contributed by atoms with Gasteiger partial charge in [-0.25, -0.2) is 0 Å². The fraction of sp³-hybridized carbons (Fsp3) is 0.529. The molecule has 21 heavy (non-hydrogen) atoms. The third-order valence-corrected chi connectivity index (χ3v) is 5.27. The molecular formula is C17H23NO2S. The first-order valence-corrected chi connectivity index (χ1v) is 8.49. The molecule has 0 bridgehead atoms. The van der Waals surface area contributed by atoms with E-state index in [9.17, 15) is 0 Å². The molecule has 4 heteroatoms. The zero-order chi connectivity index (χ0) is 14.5. The summed E-state index contributed by atoms with van der Waals surface area (Å²) in [4.78, 5) is 1.39. The Labute approximate surface area is 130 Å². The first kappa shape index (κ1) is 15.0. The number of thiophene rings is 1. The lowest BCUT2D eigenvalue weighted by molar-refractivity contribution is 0.0159. The van der Waals surface area contributed by atoms with Crippen LogP contribution in [-0.2, 0) is 22.6 Å². The predicted octanol–water partition coefficient (Wildman–Crippen LogP) is 3.56. The molecule has 2 heterocycles. The van der Waals surface area contributed by atoms with Crippen molar-refractivity contribution in [2.24, 2.45) is 5.92 Å². The van der Waals surface area contributed by atoms with Gasteiger partial charge in [0.15, 0.2) is 0 Å². The van der Waals surface area contributed by atoms with E-state index in [1.54, 1.807) is 0 Å². The number of benzene rings is 1. The van der Waals surface area contributed by atoms with Crippen LogP contribution in [0.3, 0.4) is 0 Å². The van der Waals surface area contributed by atoms with Gasteiger partial charge in [0, 0.05) is 34.9 Å². The van der Waals surface area contributed by atoms with E-state index in [0.717, 1.165) is 45.8 Å². The molecule has 0 aliphatic carbocycles. The highest BCUT2D eigenvalue weighted by Crippen LogP contribution is 2.32. The van der Waals surface area contributed by atoms with Gasteiger partial charge in [0.2, 0.25) is 0 Å². The van der Waals surface area contributed by atoms with Crippen LogP contribution in [0.15, 0.2) is 24.3 Å². The molecular weight excluding hydrogens is 282 g/mol. The second-order valence-corrected chi connectivity index (χ2v) is 6.74. The second kappa shape index (κ2) is 7.36. The number of hydrogen-bond donors (Lipinski definition) is 1. The Bertz CT molecular complexity index is 575. The van der Waals surface area contributed by atoms with Crippen LogP contribution >= 0.6 is 11.3 Å². The maximum absolute atomic E-state index is 6.04. The summed E-state index contributed by atoms with van der Waals surface area (Å²) in [6, 6.07) is 8.62. The molecule has 0 unspecified atom stereocenters. The van der Waals surface area contributed by atoms with Gasteiger partial charge in [-0.2, -0.15) is 0 Å². The smallest absolute Gasteiger partial charge is 0.0734 e. The minimum atomic E-state index is 0.663. The standard InChI is InChI=1S/C17H23NO2S/c1-18-10-17-15(14-4-2-3-5-16(14)21-17)12-20-11-13-6-8-19-9-7-13/h2-5,13,18H,6-12H2,1H3. The number of nitrogens with one attached hydrogen (secondary N) is 1. The number of fused-ring (bicyclic) bond motifs is 1. The van der Waals surface area contributed by atoms with Crippen LogP contribution in [0.4, 0.5) is 0 Å². The number of ether oxygens (including phenoxy) is 2. The van der Waals surface area contributed by atoms with Crippen molar-refractivity contribution in [1.29, 1.82) is 0 Å². The topological polar surface area (TPSA) is 30.5 Å². The van der Waals surface area contributed by atoms with Gasteiger partial charge in [0.1, 0.15) is 0 Å². The Kier molecular flexibility index (Phi) is 5.25. The minimum absolute atomic E-state index is 0.663. The molecule has 1 aliphatic rings. The molecule has 1 aromatic carbocycles. The first-order valence-electron chi connectivity index (χ1n) is 7.68. The summed E-state index contributed by atoms with van der Waals surface area (Å²) >= 11 is 1.87. The molecule has 1 aromatic heterocycles. The van der Waals surface area contributed by atoms with Crippen molar-refractivity contribution < 1.29 is 9.47 Å². The largest absolute Gasteiger partial charge is 0.381 e. The minimum Gasteiger partial charge on any atom is -0.381 e. The van der Waals surface area contributed by atoms with Crippen LogP contribution in [0.25, 0.3) is 10.1 Å². The van der Waals surface area contributed by atoms with E-state index in [0.29, 0.717) is 5.92 Å². The summed E-state index contributed by atoms with van der Waals surface area (Å²) in [5.74, 6) is 0.663. The van der Waals surface area contributed by atoms with Gasteiger partial charge in [0.25, 0.3) is 0 Å². The maximum Gasteiger partial charge on any atom is 0.0734 e. The summed E-state index contributed by atoms with van der Waals surface area (Å²) in [5.41, 5.74) is 1.36. The van der Waals surface area contributed by atoms with Crippen molar-refractivity contribution in [3.8, 4) is 0 Å². The first-order chi connectivity index (χ1) is 10.4. The fourth-order valence-corrected chi connectivity index (χ4v) is 4.07. The molecule has 0 radical (unpaired) electrons. The van der Waals surface area contributed by atoms with Crippen LogP contribution < -0.4 is 5.32 Å². The molecule has 0 amide bonds. The lowest BCUT2D eigenvalue weighted by Gasteiger charge is -2.21. The molecule has 2 aromatic rings. The highest BCUT2D eigenvalue weighted by molar-refractivity contribution is 7.19. The van der Waals surface area contributed by atoms with Crippen molar-refractivity contribution in [2.75, 3.05) is 26.9 Å². The SMILES string of the molecule is CNCc1sc2ccccc2c1COCC1CCOCC1. The molecule has 1 fully saturated rings. The van der Waals surface area contributed by atoms with Crippen LogP contribution in [0.5, 0.6) is 0 Å². The molecule has 0 atom stereocenters. The van der Waals surface area contributed by atoms with Gasteiger partial charge >= 0.3 is 0 Å². The molecule has 0 saturated carbocycles. The van der Waals surface area contributed by atoms with E-state index in [2.05, 4.69) is 29.6 Å². The Morgan fingerprint density at radius 1 is 1.29 bits per heavy atom. The lowest BCUT2D eigenvalue weighted by Crippen LogP contribution is -2.20.